The van der Waals surface area contributed by atoms with Crippen LogP contribution in [0.15, 0.2) is 47.7 Å². The van der Waals surface area contributed by atoms with Crippen LogP contribution in [0.1, 0.15) is 29.4 Å². The molecule has 0 saturated carbocycles. The van der Waals surface area contributed by atoms with E-state index in [1.165, 1.54) is 11.3 Å². The number of allylic oxidation sites excluding steroid dienone is 1. The van der Waals surface area contributed by atoms with Crippen LogP contribution in [0.25, 0.3) is 16.8 Å². The Labute approximate surface area is 160 Å². The van der Waals surface area contributed by atoms with Crippen LogP contribution in [-0.4, -0.2) is 20.6 Å². The predicted octanol–water partition coefficient (Wildman–Crippen LogP) is 3.20. The van der Waals surface area contributed by atoms with Gasteiger partial charge in [-0.15, -0.1) is 11.3 Å². The first-order chi connectivity index (χ1) is 13.1. The standard InChI is InChI=1S/C19H16N6OS/c1-11-15(16(24-19(26)22-11)17-21-7-8-25(17)2)18-23-14(10-27-18)13-5-3-12(9-20)4-6-13/h3-8,10,16H,1-2H3,(H2,22,24,26). The number of amides is 2. The largest absolute Gasteiger partial charge is 0.336 e. The Bertz CT molecular complexity index is 1090. The molecule has 0 fully saturated rings. The third-order valence-electron chi connectivity index (χ3n) is 4.43. The summed E-state index contributed by atoms with van der Waals surface area (Å²) in [5.74, 6) is 0.745. The van der Waals surface area contributed by atoms with Gasteiger partial charge in [0.1, 0.15) is 16.9 Å². The minimum atomic E-state index is -0.376. The molecule has 0 saturated heterocycles. The van der Waals surface area contributed by atoms with Gasteiger partial charge in [-0.1, -0.05) is 12.1 Å². The molecule has 1 aliphatic rings. The van der Waals surface area contributed by atoms with Crippen LogP contribution in [0.3, 0.4) is 0 Å². The van der Waals surface area contributed by atoms with Gasteiger partial charge in [-0.05, 0) is 19.1 Å². The second-order valence-electron chi connectivity index (χ2n) is 6.19. The van der Waals surface area contributed by atoms with E-state index < -0.39 is 0 Å². The van der Waals surface area contributed by atoms with Gasteiger partial charge in [0.25, 0.3) is 0 Å². The number of benzene rings is 1. The molecular formula is C19H16N6OS. The summed E-state index contributed by atoms with van der Waals surface area (Å²) < 4.78 is 1.89. The van der Waals surface area contributed by atoms with E-state index in [0.29, 0.717) is 5.56 Å². The highest BCUT2D eigenvalue weighted by molar-refractivity contribution is 7.11. The van der Waals surface area contributed by atoms with Gasteiger partial charge >= 0.3 is 6.03 Å². The molecule has 0 aliphatic carbocycles. The van der Waals surface area contributed by atoms with E-state index in [1.807, 2.05) is 42.2 Å². The van der Waals surface area contributed by atoms with E-state index in [-0.39, 0.29) is 12.1 Å². The van der Waals surface area contributed by atoms with E-state index >= 15 is 0 Å². The van der Waals surface area contributed by atoms with E-state index in [9.17, 15) is 4.79 Å². The van der Waals surface area contributed by atoms with Gasteiger partial charge in [0.15, 0.2) is 0 Å². The van der Waals surface area contributed by atoms with Crippen molar-refractivity contribution in [3.8, 4) is 17.3 Å². The maximum absolute atomic E-state index is 12.0. The number of aryl methyl sites for hydroxylation is 1. The summed E-state index contributed by atoms with van der Waals surface area (Å²) in [7, 11) is 1.90. The normalized spacial score (nSPS) is 16.6. The minimum Gasteiger partial charge on any atom is -0.336 e. The topological polar surface area (TPSA) is 95.6 Å². The van der Waals surface area contributed by atoms with Crippen molar-refractivity contribution in [2.24, 2.45) is 7.05 Å². The van der Waals surface area contributed by atoms with E-state index in [4.69, 9.17) is 10.2 Å². The third-order valence-corrected chi connectivity index (χ3v) is 5.31. The molecule has 2 N–H and O–H groups in total. The average Bonchev–Trinajstić information content (AvgIpc) is 3.30. The third kappa shape index (κ3) is 3.09. The summed E-state index contributed by atoms with van der Waals surface area (Å²) in [6, 6.07) is 8.80. The number of aromatic nitrogens is 3. The van der Waals surface area contributed by atoms with Crippen molar-refractivity contribution >= 4 is 22.9 Å². The number of nitriles is 1. The first kappa shape index (κ1) is 17.0. The van der Waals surface area contributed by atoms with Gasteiger partial charge in [0.2, 0.25) is 0 Å². The molecule has 27 heavy (non-hydrogen) atoms. The zero-order chi connectivity index (χ0) is 19.0. The SMILES string of the molecule is CC1=C(c2nc(-c3ccc(C#N)cc3)cs2)C(c2nccn2C)NC(=O)N1. The van der Waals surface area contributed by atoms with Crippen molar-refractivity contribution in [1.29, 1.82) is 5.26 Å². The lowest BCUT2D eigenvalue weighted by Gasteiger charge is -2.27. The number of thiazole rings is 1. The average molecular weight is 376 g/mol. The summed E-state index contributed by atoms with van der Waals surface area (Å²) in [5, 5.41) is 17.5. The number of hydrogen-bond acceptors (Lipinski definition) is 5. The van der Waals surface area contributed by atoms with Gasteiger partial charge in [-0.25, -0.2) is 14.8 Å². The molecule has 134 valence electrons. The number of urea groups is 1. The highest BCUT2D eigenvalue weighted by Gasteiger charge is 2.31. The lowest BCUT2D eigenvalue weighted by molar-refractivity contribution is 0.239. The fourth-order valence-electron chi connectivity index (χ4n) is 3.07. The highest BCUT2D eigenvalue weighted by atomic mass is 32.1. The lowest BCUT2D eigenvalue weighted by atomic mass is 10.0. The van der Waals surface area contributed by atoms with E-state index in [1.54, 1.807) is 18.3 Å². The monoisotopic (exact) mass is 376 g/mol. The molecule has 0 spiro atoms. The number of hydrogen-bond donors (Lipinski definition) is 2. The summed E-state index contributed by atoms with van der Waals surface area (Å²) in [4.78, 5) is 21.2. The van der Waals surface area contributed by atoms with Crippen molar-refractivity contribution in [3.63, 3.8) is 0 Å². The zero-order valence-electron chi connectivity index (χ0n) is 14.7. The van der Waals surface area contributed by atoms with E-state index in [2.05, 4.69) is 21.7 Å². The first-order valence-corrected chi connectivity index (χ1v) is 9.16. The van der Waals surface area contributed by atoms with Gasteiger partial charge in [0, 0.05) is 41.7 Å². The molecule has 0 radical (unpaired) electrons. The molecule has 1 atom stereocenters. The van der Waals surface area contributed by atoms with Crippen LogP contribution in [-0.2, 0) is 7.05 Å². The molecule has 2 aromatic heterocycles. The Morgan fingerprint density at radius 3 is 2.74 bits per heavy atom. The van der Waals surface area contributed by atoms with Crippen molar-refractivity contribution < 1.29 is 4.79 Å². The van der Waals surface area contributed by atoms with Crippen LogP contribution in [0.5, 0.6) is 0 Å². The van der Waals surface area contributed by atoms with Crippen molar-refractivity contribution in [2.75, 3.05) is 0 Å². The molecule has 3 heterocycles. The van der Waals surface area contributed by atoms with Gasteiger partial charge in [0.05, 0.1) is 17.3 Å². The number of rotatable bonds is 3. The molecule has 1 aliphatic heterocycles. The molecule has 1 aromatic carbocycles. The van der Waals surface area contributed by atoms with Crippen molar-refractivity contribution in [1.82, 2.24) is 25.2 Å². The Morgan fingerprint density at radius 1 is 1.30 bits per heavy atom. The molecule has 7 nitrogen and oxygen atoms in total. The van der Waals surface area contributed by atoms with Crippen LogP contribution >= 0.6 is 11.3 Å². The number of imidazole rings is 1. The zero-order valence-corrected chi connectivity index (χ0v) is 15.5. The fourth-order valence-corrected chi connectivity index (χ4v) is 4.03. The molecule has 3 aromatic rings. The summed E-state index contributed by atoms with van der Waals surface area (Å²) in [6.07, 6.45) is 3.56. The number of nitrogens with zero attached hydrogens (tertiary/aromatic N) is 4. The molecule has 0 bridgehead atoms. The maximum atomic E-state index is 12.0. The number of carbonyl (C=O) groups excluding carboxylic acids is 1. The molecule has 8 heteroatoms. The minimum absolute atomic E-state index is 0.256. The van der Waals surface area contributed by atoms with Crippen LogP contribution in [0, 0.1) is 11.3 Å². The Balaban J connectivity index is 1.75. The molecule has 2 amide bonds. The quantitative estimate of drug-likeness (QED) is 0.734. The maximum Gasteiger partial charge on any atom is 0.319 e. The predicted molar refractivity (Wildman–Crippen MR) is 102 cm³/mol. The first-order valence-electron chi connectivity index (χ1n) is 8.28. The Hall–Kier alpha value is -3.44. The lowest BCUT2D eigenvalue weighted by Crippen LogP contribution is -2.43. The number of carbonyl (C=O) groups is 1. The highest BCUT2D eigenvalue weighted by Crippen LogP contribution is 2.36. The Kier molecular flexibility index (Phi) is 4.22. The van der Waals surface area contributed by atoms with Crippen molar-refractivity contribution in [2.45, 2.75) is 13.0 Å². The summed E-state index contributed by atoms with van der Waals surface area (Å²) in [5.41, 5.74) is 4.04. The smallest absolute Gasteiger partial charge is 0.319 e. The summed E-state index contributed by atoms with van der Waals surface area (Å²) in [6.45, 7) is 1.87. The molecular weight excluding hydrogens is 360 g/mol. The van der Waals surface area contributed by atoms with Gasteiger partial charge in [-0.2, -0.15) is 5.26 Å². The molecule has 4 rings (SSSR count). The van der Waals surface area contributed by atoms with Gasteiger partial charge in [-0.3, -0.25) is 0 Å². The van der Waals surface area contributed by atoms with E-state index in [0.717, 1.165) is 33.4 Å². The second kappa shape index (κ2) is 6.70. The Morgan fingerprint density at radius 2 is 2.07 bits per heavy atom. The molecule has 1 unspecified atom stereocenters. The van der Waals surface area contributed by atoms with Crippen LogP contribution in [0.2, 0.25) is 0 Å². The second-order valence-corrected chi connectivity index (χ2v) is 7.05. The van der Waals surface area contributed by atoms with Crippen molar-refractivity contribution in [3.05, 3.63) is 64.1 Å². The van der Waals surface area contributed by atoms with Gasteiger partial charge < -0.3 is 15.2 Å². The number of nitrogens with one attached hydrogen (secondary N) is 2. The van der Waals surface area contributed by atoms with Crippen LogP contribution in [0.4, 0.5) is 4.79 Å². The fraction of sp³-hybridized carbons (Fsp3) is 0.158. The summed E-state index contributed by atoms with van der Waals surface area (Å²) >= 11 is 1.51. The van der Waals surface area contributed by atoms with Crippen LogP contribution < -0.4 is 10.6 Å².